The molecule has 1 saturated carbocycles. The largest absolute Gasteiger partial charge is 0.491 e. The molecule has 114 valence electrons. The highest BCUT2D eigenvalue weighted by molar-refractivity contribution is 5.80. The number of primary amides is 1. The third-order valence-electron chi connectivity index (χ3n) is 3.45. The zero-order valence-corrected chi connectivity index (χ0v) is 12.1. The van der Waals surface area contributed by atoms with Gasteiger partial charge in [0, 0.05) is 17.7 Å². The highest BCUT2D eigenvalue weighted by Crippen LogP contribution is 2.28. The lowest BCUT2D eigenvalue weighted by molar-refractivity contribution is -0.385. The number of amides is 1. The topological polar surface area (TPSA) is 107 Å². The van der Waals surface area contributed by atoms with Gasteiger partial charge in [-0.15, -0.1) is 0 Å². The van der Waals surface area contributed by atoms with Gasteiger partial charge in [0.25, 0.3) is 5.69 Å². The van der Waals surface area contributed by atoms with Crippen LogP contribution in [0.2, 0.25) is 0 Å². The minimum absolute atomic E-state index is 0.0578. The first-order chi connectivity index (χ1) is 9.88. The lowest BCUT2D eigenvalue weighted by atomic mass is 10.1. The summed E-state index contributed by atoms with van der Waals surface area (Å²) in [6, 6.07) is 2.87. The van der Waals surface area contributed by atoms with Gasteiger partial charge in [0.15, 0.2) is 0 Å². The molecule has 2 rings (SSSR count). The van der Waals surface area contributed by atoms with Crippen molar-refractivity contribution in [2.75, 3.05) is 6.61 Å². The van der Waals surface area contributed by atoms with Gasteiger partial charge < -0.3 is 15.8 Å². The Bertz CT molecular complexity index is 570. The van der Waals surface area contributed by atoms with E-state index in [2.05, 4.69) is 5.32 Å². The maximum Gasteiger partial charge on any atom is 0.272 e. The van der Waals surface area contributed by atoms with Gasteiger partial charge in [0.1, 0.15) is 18.4 Å². The monoisotopic (exact) mass is 293 g/mol. The molecule has 0 spiro atoms. The molecular formula is C14H19N3O4. The number of hydrogen-bond donors (Lipinski definition) is 2. The fourth-order valence-electron chi connectivity index (χ4n) is 2.05. The molecule has 0 saturated heterocycles. The Morgan fingerprint density at radius 3 is 2.67 bits per heavy atom. The van der Waals surface area contributed by atoms with Gasteiger partial charge >= 0.3 is 0 Å². The van der Waals surface area contributed by atoms with Crippen molar-refractivity contribution in [2.45, 2.75) is 38.8 Å². The van der Waals surface area contributed by atoms with Crippen LogP contribution in [0.25, 0.3) is 0 Å². The summed E-state index contributed by atoms with van der Waals surface area (Å²) in [6.45, 7) is 3.50. The maximum atomic E-state index is 11.4. The highest BCUT2D eigenvalue weighted by Gasteiger charge is 2.27. The lowest BCUT2D eigenvalue weighted by Gasteiger charge is -2.17. The standard InChI is InChI=1S/C14H19N3O4/c1-8-6-13(9(2)5-12(8)17(19)20)21-7-11(14(15)18)16-10-3-4-10/h5-6,10-11,16H,3-4,7H2,1-2H3,(H2,15,18). The van der Waals surface area contributed by atoms with Crippen LogP contribution in [0, 0.1) is 24.0 Å². The van der Waals surface area contributed by atoms with Crippen molar-refractivity contribution in [1.29, 1.82) is 0 Å². The Kier molecular flexibility index (Phi) is 4.42. The molecule has 1 amide bonds. The van der Waals surface area contributed by atoms with Crippen LogP contribution in [0.15, 0.2) is 12.1 Å². The van der Waals surface area contributed by atoms with Crippen molar-refractivity contribution in [3.8, 4) is 5.75 Å². The zero-order valence-electron chi connectivity index (χ0n) is 12.1. The SMILES string of the molecule is Cc1cc([N+](=O)[O-])c(C)cc1OCC(NC1CC1)C(N)=O. The van der Waals surface area contributed by atoms with Crippen LogP contribution >= 0.6 is 0 Å². The molecule has 1 fully saturated rings. The van der Waals surface area contributed by atoms with Crippen LogP contribution in [-0.4, -0.2) is 29.5 Å². The Balaban J connectivity index is 2.06. The molecule has 1 unspecified atom stereocenters. The van der Waals surface area contributed by atoms with Crippen molar-refractivity contribution >= 4 is 11.6 Å². The normalized spacial score (nSPS) is 15.5. The van der Waals surface area contributed by atoms with Crippen molar-refractivity contribution in [3.05, 3.63) is 33.4 Å². The number of nitrogens with two attached hydrogens (primary N) is 1. The van der Waals surface area contributed by atoms with Crippen molar-refractivity contribution in [2.24, 2.45) is 5.73 Å². The van der Waals surface area contributed by atoms with E-state index in [1.165, 1.54) is 6.07 Å². The fraction of sp³-hybridized carbons (Fsp3) is 0.500. The van der Waals surface area contributed by atoms with Crippen molar-refractivity contribution < 1.29 is 14.5 Å². The molecule has 1 aromatic rings. The molecule has 7 heteroatoms. The van der Waals surface area contributed by atoms with Gasteiger partial charge in [-0.05, 0) is 38.3 Å². The number of carbonyl (C=O) groups excluding carboxylic acids is 1. The first-order valence-electron chi connectivity index (χ1n) is 6.82. The van der Waals surface area contributed by atoms with Gasteiger partial charge in [-0.25, -0.2) is 0 Å². The molecule has 0 aliphatic heterocycles. The molecule has 0 heterocycles. The van der Waals surface area contributed by atoms with Crippen molar-refractivity contribution in [1.82, 2.24) is 5.32 Å². The molecular weight excluding hydrogens is 274 g/mol. The fourth-order valence-corrected chi connectivity index (χ4v) is 2.05. The van der Waals surface area contributed by atoms with Gasteiger partial charge in [-0.3, -0.25) is 14.9 Å². The Hall–Kier alpha value is -2.15. The van der Waals surface area contributed by atoms with Gasteiger partial charge in [-0.2, -0.15) is 0 Å². The third-order valence-corrected chi connectivity index (χ3v) is 3.45. The number of rotatable bonds is 7. The van der Waals surface area contributed by atoms with Crippen LogP contribution < -0.4 is 15.8 Å². The van der Waals surface area contributed by atoms with E-state index in [9.17, 15) is 14.9 Å². The van der Waals surface area contributed by atoms with Gasteiger partial charge in [-0.1, -0.05) is 0 Å². The van der Waals surface area contributed by atoms with Crippen LogP contribution in [0.4, 0.5) is 5.69 Å². The number of hydrogen-bond acceptors (Lipinski definition) is 5. The molecule has 0 aromatic heterocycles. The number of carbonyl (C=O) groups is 1. The summed E-state index contributed by atoms with van der Waals surface area (Å²) in [6.07, 6.45) is 2.08. The predicted octanol–water partition coefficient (Wildman–Crippen LogP) is 1.20. The molecule has 1 aliphatic rings. The molecule has 3 N–H and O–H groups in total. The first kappa shape index (κ1) is 15.2. The van der Waals surface area contributed by atoms with Crippen LogP contribution in [-0.2, 0) is 4.79 Å². The average Bonchev–Trinajstić information content (AvgIpc) is 3.20. The number of aryl methyl sites for hydroxylation is 2. The summed E-state index contributed by atoms with van der Waals surface area (Å²) in [5, 5.41) is 14.0. The summed E-state index contributed by atoms with van der Waals surface area (Å²) >= 11 is 0. The molecule has 1 atom stereocenters. The molecule has 0 bridgehead atoms. The number of ether oxygens (including phenoxy) is 1. The minimum atomic E-state index is -0.549. The smallest absolute Gasteiger partial charge is 0.272 e. The quantitative estimate of drug-likeness (QED) is 0.580. The summed E-state index contributed by atoms with van der Waals surface area (Å²) in [5.74, 6) is 0.0696. The Labute approximate surface area is 122 Å². The zero-order chi connectivity index (χ0) is 15.6. The average molecular weight is 293 g/mol. The predicted molar refractivity (Wildman–Crippen MR) is 77.2 cm³/mol. The number of nitrogens with one attached hydrogen (secondary N) is 1. The van der Waals surface area contributed by atoms with Crippen LogP contribution in [0.5, 0.6) is 5.75 Å². The summed E-state index contributed by atoms with van der Waals surface area (Å²) in [4.78, 5) is 21.8. The van der Waals surface area contributed by atoms with E-state index in [-0.39, 0.29) is 12.3 Å². The molecule has 1 aliphatic carbocycles. The number of benzene rings is 1. The third kappa shape index (κ3) is 3.91. The van der Waals surface area contributed by atoms with E-state index < -0.39 is 16.9 Å². The van der Waals surface area contributed by atoms with Crippen molar-refractivity contribution in [3.63, 3.8) is 0 Å². The summed E-state index contributed by atoms with van der Waals surface area (Å²) in [7, 11) is 0. The molecule has 7 nitrogen and oxygen atoms in total. The van der Waals surface area contributed by atoms with Gasteiger partial charge in [0.2, 0.25) is 5.91 Å². The van der Waals surface area contributed by atoms with E-state index in [0.29, 0.717) is 22.9 Å². The number of nitro benzene ring substituents is 1. The lowest BCUT2D eigenvalue weighted by Crippen LogP contribution is -2.46. The van der Waals surface area contributed by atoms with E-state index in [0.717, 1.165) is 12.8 Å². The van der Waals surface area contributed by atoms with Gasteiger partial charge in [0.05, 0.1) is 4.92 Å². The second-order valence-corrected chi connectivity index (χ2v) is 5.37. The van der Waals surface area contributed by atoms with Crippen LogP contribution in [0.3, 0.4) is 0 Å². The first-order valence-corrected chi connectivity index (χ1v) is 6.82. The highest BCUT2D eigenvalue weighted by atomic mass is 16.6. The van der Waals surface area contributed by atoms with E-state index in [1.54, 1.807) is 19.9 Å². The molecule has 0 radical (unpaired) electrons. The summed E-state index contributed by atoms with van der Waals surface area (Å²) in [5.41, 5.74) is 6.57. The second-order valence-electron chi connectivity index (χ2n) is 5.37. The van der Waals surface area contributed by atoms with E-state index >= 15 is 0 Å². The number of nitro groups is 1. The minimum Gasteiger partial charge on any atom is -0.491 e. The Morgan fingerprint density at radius 1 is 1.48 bits per heavy atom. The molecule has 1 aromatic carbocycles. The van der Waals surface area contributed by atoms with E-state index in [4.69, 9.17) is 10.5 Å². The number of nitrogens with zero attached hydrogens (tertiary/aromatic N) is 1. The summed E-state index contributed by atoms with van der Waals surface area (Å²) < 4.78 is 5.62. The van der Waals surface area contributed by atoms with Crippen LogP contribution in [0.1, 0.15) is 24.0 Å². The molecule has 21 heavy (non-hydrogen) atoms. The van der Waals surface area contributed by atoms with E-state index in [1.807, 2.05) is 0 Å². The maximum absolute atomic E-state index is 11.4. The second kappa shape index (κ2) is 6.09. The Morgan fingerprint density at radius 2 is 2.14 bits per heavy atom.